The number of amides is 3. The standard InChI is InChI=1S/C26H32N2O7/c1-26(2,3)22(29)17-35-15-14-34-13-12-33-11-5-7-18-6-4-8-19-20(18)16-28(25(19)32)21-9-10-23(30)27-24(21)31/h4,6,8,21H,9-17H2,1-3H3,(H,27,30,31). The summed E-state index contributed by atoms with van der Waals surface area (Å²) in [5.74, 6) is 5.08. The predicted molar refractivity (Wildman–Crippen MR) is 126 cm³/mol. The zero-order chi connectivity index (χ0) is 25.4. The normalized spacial score (nSPS) is 17.6. The van der Waals surface area contributed by atoms with Crippen molar-refractivity contribution in [3.8, 4) is 11.8 Å². The van der Waals surface area contributed by atoms with Gasteiger partial charge < -0.3 is 19.1 Å². The van der Waals surface area contributed by atoms with Gasteiger partial charge in [0.1, 0.15) is 19.3 Å². The van der Waals surface area contributed by atoms with Crippen LogP contribution in [0, 0.1) is 17.3 Å². The van der Waals surface area contributed by atoms with Crippen LogP contribution in [0.5, 0.6) is 0 Å². The average Bonchev–Trinajstić information content (AvgIpc) is 3.13. The molecule has 2 heterocycles. The van der Waals surface area contributed by atoms with Crippen molar-refractivity contribution < 1.29 is 33.4 Å². The van der Waals surface area contributed by atoms with Crippen LogP contribution in [0.4, 0.5) is 0 Å². The highest BCUT2D eigenvalue weighted by Gasteiger charge is 2.39. The van der Waals surface area contributed by atoms with Crippen LogP contribution >= 0.6 is 0 Å². The van der Waals surface area contributed by atoms with Gasteiger partial charge in [-0.3, -0.25) is 24.5 Å². The lowest BCUT2D eigenvalue weighted by molar-refractivity contribution is -0.137. The maximum Gasteiger partial charge on any atom is 0.255 e. The topological polar surface area (TPSA) is 111 Å². The highest BCUT2D eigenvalue weighted by molar-refractivity contribution is 6.05. The Morgan fingerprint density at radius 3 is 2.51 bits per heavy atom. The van der Waals surface area contributed by atoms with E-state index in [1.807, 2.05) is 26.8 Å². The monoisotopic (exact) mass is 484 g/mol. The van der Waals surface area contributed by atoms with Gasteiger partial charge in [-0.05, 0) is 24.1 Å². The van der Waals surface area contributed by atoms with Crippen molar-refractivity contribution in [3.05, 3.63) is 34.9 Å². The number of Topliss-reactive ketones (excluding diaryl/α,β-unsaturated/α-hetero) is 1. The number of nitrogens with zero attached hydrogens (tertiary/aromatic N) is 1. The maximum absolute atomic E-state index is 12.8. The minimum absolute atomic E-state index is 0.0523. The van der Waals surface area contributed by atoms with Gasteiger partial charge in [0, 0.05) is 29.5 Å². The van der Waals surface area contributed by atoms with Crippen molar-refractivity contribution in [2.24, 2.45) is 5.41 Å². The lowest BCUT2D eigenvalue weighted by Gasteiger charge is -2.29. The van der Waals surface area contributed by atoms with Gasteiger partial charge in [0.2, 0.25) is 11.8 Å². The zero-order valence-corrected chi connectivity index (χ0v) is 20.5. The highest BCUT2D eigenvalue weighted by Crippen LogP contribution is 2.29. The molecule has 0 aromatic heterocycles. The first-order chi connectivity index (χ1) is 16.7. The minimum atomic E-state index is -0.652. The van der Waals surface area contributed by atoms with E-state index in [0.717, 1.165) is 5.56 Å². The molecule has 2 aliphatic rings. The molecule has 0 bridgehead atoms. The molecule has 9 nitrogen and oxygen atoms in total. The summed E-state index contributed by atoms with van der Waals surface area (Å²) in [7, 11) is 0. The van der Waals surface area contributed by atoms with E-state index in [4.69, 9.17) is 14.2 Å². The molecule has 0 radical (unpaired) electrons. The van der Waals surface area contributed by atoms with Crippen molar-refractivity contribution in [2.45, 2.75) is 46.2 Å². The largest absolute Gasteiger partial charge is 0.377 e. The number of ether oxygens (including phenoxy) is 3. The van der Waals surface area contributed by atoms with E-state index in [9.17, 15) is 19.2 Å². The quantitative estimate of drug-likeness (QED) is 0.304. The summed E-state index contributed by atoms with van der Waals surface area (Å²) in [5.41, 5.74) is 1.62. The Morgan fingerprint density at radius 1 is 1.09 bits per heavy atom. The Labute approximate surface area is 205 Å². The summed E-state index contributed by atoms with van der Waals surface area (Å²) < 4.78 is 16.2. The third-order valence-corrected chi connectivity index (χ3v) is 5.79. The molecule has 35 heavy (non-hydrogen) atoms. The third kappa shape index (κ3) is 7.21. The van der Waals surface area contributed by atoms with Gasteiger partial charge in [0.15, 0.2) is 5.78 Å². The number of fused-ring (bicyclic) bond motifs is 1. The molecule has 9 heteroatoms. The number of hydrogen-bond donors (Lipinski definition) is 1. The van der Waals surface area contributed by atoms with Crippen LogP contribution in [0.15, 0.2) is 18.2 Å². The second-order valence-electron chi connectivity index (χ2n) is 9.42. The molecule has 1 aromatic carbocycles. The van der Waals surface area contributed by atoms with Crippen molar-refractivity contribution >= 4 is 23.5 Å². The summed E-state index contributed by atoms with van der Waals surface area (Å²) in [6.07, 6.45) is 0.538. The number of imide groups is 1. The number of nitrogens with one attached hydrogen (secondary N) is 1. The van der Waals surface area contributed by atoms with Crippen molar-refractivity contribution in [3.63, 3.8) is 0 Å². The molecule has 1 saturated heterocycles. The zero-order valence-electron chi connectivity index (χ0n) is 20.5. The summed E-state index contributed by atoms with van der Waals surface area (Å²) in [5, 5.41) is 2.30. The number of carbonyl (C=O) groups is 4. The second-order valence-corrected chi connectivity index (χ2v) is 9.42. The predicted octanol–water partition coefficient (Wildman–Crippen LogP) is 1.46. The first kappa shape index (κ1) is 26.5. The number of benzene rings is 1. The van der Waals surface area contributed by atoms with Gasteiger partial charge in [0.05, 0.1) is 26.4 Å². The number of rotatable bonds is 10. The fraction of sp³-hybridized carbons (Fsp3) is 0.538. The summed E-state index contributed by atoms with van der Waals surface area (Å²) >= 11 is 0. The highest BCUT2D eigenvalue weighted by atomic mass is 16.5. The van der Waals surface area contributed by atoms with E-state index < -0.39 is 17.4 Å². The van der Waals surface area contributed by atoms with Gasteiger partial charge in [-0.15, -0.1) is 0 Å². The van der Waals surface area contributed by atoms with Crippen LogP contribution in [0.3, 0.4) is 0 Å². The van der Waals surface area contributed by atoms with Crippen LogP contribution < -0.4 is 5.32 Å². The molecule has 1 fully saturated rings. The number of ketones is 1. The molecule has 2 aliphatic heterocycles. The molecule has 0 spiro atoms. The minimum Gasteiger partial charge on any atom is -0.377 e. The Bertz CT molecular complexity index is 1030. The summed E-state index contributed by atoms with van der Waals surface area (Å²) in [6.45, 7) is 7.60. The number of carbonyl (C=O) groups excluding carboxylic acids is 4. The van der Waals surface area contributed by atoms with Gasteiger partial charge in [-0.1, -0.05) is 38.7 Å². The fourth-order valence-corrected chi connectivity index (χ4v) is 3.68. The van der Waals surface area contributed by atoms with Gasteiger partial charge >= 0.3 is 0 Å². The van der Waals surface area contributed by atoms with Crippen molar-refractivity contribution in [1.29, 1.82) is 0 Å². The van der Waals surface area contributed by atoms with Gasteiger partial charge in [0.25, 0.3) is 5.91 Å². The second kappa shape index (κ2) is 12.1. The van der Waals surface area contributed by atoms with E-state index in [0.29, 0.717) is 44.0 Å². The summed E-state index contributed by atoms with van der Waals surface area (Å²) in [4.78, 5) is 49.7. The lowest BCUT2D eigenvalue weighted by Crippen LogP contribution is -2.52. The van der Waals surface area contributed by atoms with Crippen LogP contribution in [-0.4, -0.2) is 74.1 Å². The summed E-state index contributed by atoms with van der Waals surface area (Å²) in [6, 6.07) is 4.67. The maximum atomic E-state index is 12.8. The molecule has 1 atom stereocenters. The SMILES string of the molecule is CC(C)(C)C(=O)COCCOCCOCC#Cc1cccc2c1CN(C1CCC(=O)NC1=O)C2=O. The van der Waals surface area contributed by atoms with Crippen LogP contribution in [0.2, 0.25) is 0 Å². The van der Waals surface area contributed by atoms with Gasteiger partial charge in [-0.2, -0.15) is 0 Å². The molecule has 0 aliphatic carbocycles. The molecule has 1 aromatic rings. The van der Waals surface area contributed by atoms with E-state index in [2.05, 4.69) is 17.2 Å². The number of piperidine rings is 1. The average molecular weight is 485 g/mol. The third-order valence-electron chi connectivity index (χ3n) is 5.79. The lowest BCUT2D eigenvalue weighted by atomic mass is 9.91. The first-order valence-electron chi connectivity index (χ1n) is 11.7. The van der Waals surface area contributed by atoms with E-state index in [1.165, 1.54) is 4.90 Å². The van der Waals surface area contributed by atoms with Crippen LogP contribution in [0.1, 0.15) is 55.1 Å². The van der Waals surface area contributed by atoms with E-state index >= 15 is 0 Å². The van der Waals surface area contributed by atoms with E-state index in [1.54, 1.807) is 12.1 Å². The fourth-order valence-electron chi connectivity index (χ4n) is 3.68. The molecule has 3 amide bonds. The Morgan fingerprint density at radius 2 is 1.80 bits per heavy atom. The van der Waals surface area contributed by atoms with Gasteiger partial charge in [-0.25, -0.2) is 0 Å². The van der Waals surface area contributed by atoms with Crippen LogP contribution in [-0.2, 0) is 35.1 Å². The van der Waals surface area contributed by atoms with Crippen molar-refractivity contribution in [1.82, 2.24) is 10.2 Å². The molecule has 188 valence electrons. The van der Waals surface area contributed by atoms with Crippen LogP contribution in [0.25, 0.3) is 0 Å². The molecular weight excluding hydrogens is 452 g/mol. The smallest absolute Gasteiger partial charge is 0.255 e. The molecule has 3 rings (SSSR count). The number of hydrogen-bond acceptors (Lipinski definition) is 7. The first-order valence-corrected chi connectivity index (χ1v) is 11.7. The van der Waals surface area contributed by atoms with Crippen molar-refractivity contribution in [2.75, 3.05) is 39.6 Å². The Kier molecular flexibility index (Phi) is 9.15. The molecule has 1 N–H and O–H groups in total. The molecular formula is C26H32N2O7. The Balaban J connectivity index is 1.38. The Hall–Kier alpha value is -3.06. The molecule has 0 saturated carbocycles. The van der Waals surface area contributed by atoms with E-state index in [-0.39, 0.29) is 43.8 Å². The molecule has 1 unspecified atom stereocenters.